The minimum Gasteiger partial charge on any atom is -0.338 e. The van der Waals surface area contributed by atoms with Crippen molar-refractivity contribution in [2.75, 3.05) is 19.6 Å². The highest BCUT2D eigenvalue weighted by molar-refractivity contribution is 7.91. The molecule has 2 fully saturated rings. The molecule has 1 N–H and O–H groups in total. The molecular formula is C21H28ClN3O3S2. The Labute approximate surface area is 187 Å². The molecule has 0 saturated carbocycles. The SMILES string of the molecule is CC(C)N1CCC(N2CCC[C@H](NS(=O)(=O)c3cc4ccc(Cl)cc4s3)C2=O)CC1. The van der Waals surface area contributed by atoms with Gasteiger partial charge in [0.1, 0.15) is 10.3 Å². The predicted octanol–water partition coefficient (Wildman–Crippen LogP) is 3.70. The number of carbonyl (C=O) groups is 1. The van der Waals surface area contributed by atoms with E-state index in [9.17, 15) is 13.2 Å². The normalized spacial score (nSPS) is 22.3. The van der Waals surface area contributed by atoms with Gasteiger partial charge in [0.05, 0.1) is 0 Å². The highest BCUT2D eigenvalue weighted by Crippen LogP contribution is 2.31. The zero-order chi connectivity index (χ0) is 21.5. The second kappa shape index (κ2) is 8.74. The zero-order valence-electron chi connectivity index (χ0n) is 17.3. The fourth-order valence-corrected chi connectivity index (χ4v) is 7.36. The maximum atomic E-state index is 13.1. The molecule has 0 bridgehead atoms. The molecule has 4 rings (SSSR count). The summed E-state index contributed by atoms with van der Waals surface area (Å²) in [4.78, 5) is 17.5. The molecule has 1 aromatic carbocycles. The third kappa shape index (κ3) is 4.53. The maximum Gasteiger partial charge on any atom is 0.250 e. The highest BCUT2D eigenvalue weighted by atomic mass is 35.5. The van der Waals surface area contributed by atoms with Gasteiger partial charge in [0.25, 0.3) is 10.0 Å². The number of hydrogen-bond donors (Lipinski definition) is 1. The smallest absolute Gasteiger partial charge is 0.250 e. The fraction of sp³-hybridized carbons (Fsp3) is 0.571. The molecule has 6 nitrogen and oxygen atoms in total. The summed E-state index contributed by atoms with van der Waals surface area (Å²) in [5.41, 5.74) is 0. The fourth-order valence-electron chi connectivity index (χ4n) is 4.44. The van der Waals surface area contributed by atoms with E-state index < -0.39 is 16.1 Å². The quantitative estimate of drug-likeness (QED) is 0.724. The molecule has 9 heteroatoms. The van der Waals surface area contributed by atoms with Crippen LogP contribution in [0, 0.1) is 0 Å². The number of amides is 1. The van der Waals surface area contributed by atoms with E-state index in [2.05, 4.69) is 23.5 Å². The van der Waals surface area contributed by atoms with Gasteiger partial charge in [-0.3, -0.25) is 4.79 Å². The van der Waals surface area contributed by atoms with E-state index >= 15 is 0 Å². The lowest BCUT2D eigenvalue weighted by molar-refractivity contribution is -0.139. The molecule has 0 radical (unpaired) electrons. The van der Waals surface area contributed by atoms with E-state index in [0.717, 1.165) is 42.4 Å². The summed E-state index contributed by atoms with van der Waals surface area (Å²) in [6.07, 6.45) is 3.24. The van der Waals surface area contributed by atoms with Crippen LogP contribution in [0.15, 0.2) is 28.5 Å². The molecule has 0 spiro atoms. The van der Waals surface area contributed by atoms with Crippen molar-refractivity contribution in [3.8, 4) is 0 Å². The van der Waals surface area contributed by atoms with Crippen molar-refractivity contribution >= 4 is 49.0 Å². The Morgan fingerprint density at radius 3 is 2.57 bits per heavy atom. The number of benzene rings is 1. The molecule has 2 aromatic rings. The number of sulfonamides is 1. The molecule has 1 aromatic heterocycles. The minimum atomic E-state index is -3.77. The summed E-state index contributed by atoms with van der Waals surface area (Å²) in [6, 6.07) is 6.98. The molecule has 2 saturated heterocycles. The number of carbonyl (C=O) groups excluding carboxylic acids is 1. The Hall–Kier alpha value is -1.19. The van der Waals surface area contributed by atoms with Crippen LogP contribution in [0.2, 0.25) is 5.02 Å². The monoisotopic (exact) mass is 469 g/mol. The molecule has 0 unspecified atom stereocenters. The number of nitrogens with zero attached hydrogens (tertiary/aromatic N) is 2. The molecule has 2 aliphatic rings. The Balaban J connectivity index is 1.46. The summed E-state index contributed by atoms with van der Waals surface area (Å²) >= 11 is 7.20. The summed E-state index contributed by atoms with van der Waals surface area (Å²) in [5.74, 6) is -0.0861. The van der Waals surface area contributed by atoms with Crippen molar-refractivity contribution in [2.45, 2.75) is 61.9 Å². The van der Waals surface area contributed by atoms with Gasteiger partial charge in [-0.05, 0) is 63.1 Å². The topological polar surface area (TPSA) is 69.7 Å². The zero-order valence-corrected chi connectivity index (χ0v) is 19.7. The van der Waals surface area contributed by atoms with E-state index in [4.69, 9.17) is 11.6 Å². The van der Waals surface area contributed by atoms with E-state index in [-0.39, 0.29) is 16.2 Å². The molecular weight excluding hydrogens is 442 g/mol. The van der Waals surface area contributed by atoms with Gasteiger partial charge >= 0.3 is 0 Å². The first-order chi connectivity index (χ1) is 14.2. The van der Waals surface area contributed by atoms with E-state index in [1.807, 2.05) is 11.0 Å². The number of thiophene rings is 1. The third-order valence-electron chi connectivity index (χ3n) is 6.16. The maximum absolute atomic E-state index is 13.1. The van der Waals surface area contributed by atoms with Gasteiger partial charge in [0.15, 0.2) is 0 Å². The average Bonchev–Trinajstić information content (AvgIpc) is 3.14. The number of nitrogens with one attached hydrogen (secondary N) is 1. The predicted molar refractivity (Wildman–Crippen MR) is 122 cm³/mol. The molecule has 1 atom stereocenters. The number of fused-ring (bicyclic) bond motifs is 1. The molecule has 3 heterocycles. The molecule has 164 valence electrons. The molecule has 30 heavy (non-hydrogen) atoms. The van der Waals surface area contributed by atoms with Crippen LogP contribution in [0.3, 0.4) is 0 Å². The van der Waals surface area contributed by atoms with Crippen molar-refractivity contribution in [1.82, 2.24) is 14.5 Å². The largest absolute Gasteiger partial charge is 0.338 e. The van der Waals surface area contributed by atoms with Gasteiger partial charge in [-0.1, -0.05) is 17.7 Å². The summed E-state index contributed by atoms with van der Waals surface area (Å²) in [6.45, 7) is 7.06. The van der Waals surface area contributed by atoms with Crippen molar-refractivity contribution in [1.29, 1.82) is 0 Å². The van der Waals surface area contributed by atoms with Gasteiger partial charge in [-0.25, -0.2) is 8.42 Å². The Bertz CT molecular complexity index is 1030. The second-order valence-electron chi connectivity index (χ2n) is 8.46. The highest BCUT2D eigenvalue weighted by Gasteiger charge is 2.37. The molecule has 1 amide bonds. The van der Waals surface area contributed by atoms with Crippen molar-refractivity contribution in [3.63, 3.8) is 0 Å². The van der Waals surface area contributed by atoms with Gasteiger partial charge < -0.3 is 9.80 Å². The molecule has 0 aliphatic carbocycles. The van der Waals surface area contributed by atoms with Gasteiger partial charge in [0.2, 0.25) is 5.91 Å². The van der Waals surface area contributed by atoms with Crippen LogP contribution in [0.4, 0.5) is 0 Å². The van der Waals surface area contributed by atoms with Gasteiger partial charge in [-0.2, -0.15) is 4.72 Å². The van der Waals surface area contributed by atoms with Crippen LogP contribution in [-0.2, 0) is 14.8 Å². The van der Waals surface area contributed by atoms with Gasteiger partial charge in [-0.15, -0.1) is 11.3 Å². The first-order valence-corrected chi connectivity index (χ1v) is 13.2. The number of piperidine rings is 2. The second-order valence-corrected chi connectivity index (χ2v) is 11.9. The van der Waals surface area contributed by atoms with Gasteiger partial charge in [0, 0.05) is 41.4 Å². The van der Waals surface area contributed by atoms with Crippen molar-refractivity contribution in [3.05, 3.63) is 29.3 Å². The number of likely N-dealkylation sites (tertiary alicyclic amines) is 2. The first-order valence-electron chi connectivity index (χ1n) is 10.5. The summed E-state index contributed by atoms with van der Waals surface area (Å²) in [7, 11) is -3.77. The van der Waals surface area contributed by atoms with Crippen LogP contribution in [0.25, 0.3) is 10.1 Å². The summed E-state index contributed by atoms with van der Waals surface area (Å²) in [5, 5.41) is 1.40. The Morgan fingerprint density at radius 2 is 1.87 bits per heavy atom. The Morgan fingerprint density at radius 1 is 1.13 bits per heavy atom. The van der Waals surface area contributed by atoms with Crippen LogP contribution in [0.1, 0.15) is 39.5 Å². The van der Waals surface area contributed by atoms with Crippen molar-refractivity contribution < 1.29 is 13.2 Å². The minimum absolute atomic E-state index is 0.0861. The number of halogens is 1. The van der Waals surface area contributed by atoms with Crippen LogP contribution < -0.4 is 4.72 Å². The third-order valence-corrected chi connectivity index (χ3v) is 9.44. The molecule has 2 aliphatic heterocycles. The lowest BCUT2D eigenvalue weighted by atomic mass is 9.97. The van der Waals surface area contributed by atoms with Crippen molar-refractivity contribution in [2.24, 2.45) is 0 Å². The van der Waals surface area contributed by atoms with E-state index in [0.29, 0.717) is 24.0 Å². The Kier molecular flexibility index (Phi) is 6.42. The number of hydrogen-bond acceptors (Lipinski definition) is 5. The first kappa shape index (κ1) is 22.0. The van der Waals surface area contributed by atoms with Crippen LogP contribution >= 0.6 is 22.9 Å². The lowest BCUT2D eigenvalue weighted by Crippen LogP contribution is -2.57. The average molecular weight is 470 g/mol. The van der Waals surface area contributed by atoms with E-state index in [1.165, 1.54) is 11.3 Å². The van der Waals surface area contributed by atoms with Crippen LogP contribution in [-0.4, -0.2) is 61.9 Å². The lowest BCUT2D eigenvalue weighted by Gasteiger charge is -2.43. The van der Waals surface area contributed by atoms with E-state index in [1.54, 1.807) is 18.2 Å². The standard InChI is InChI=1S/C21H28ClN3O3S2/c1-14(2)24-10-7-17(8-11-24)25-9-3-4-18(21(25)26)23-30(27,28)20-12-15-5-6-16(22)13-19(15)29-20/h5-6,12-14,17-18,23H,3-4,7-11H2,1-2H3/t18-/m0/s1. The number of rotatable bonds is 5. The summed E-state index contributed by atoms with van der Waals surface area (Å²) < 4.78 is 29.7. The van der Waals surface area contributed by atoms with Crippen LogP contribution in [0.5, 0.6) is 0 Å².